The van der Waals surface area contributed by atoms with Gasteiger partial charge in [-0.1, -0.05) is 38.0 Å². The van der Waals surface area contributed by atoms with E-state index in [1.165, 1.54) is 4.90 Å². The van der Waals surface area contributed by atoms with E-state index in [9.17, 15) is 9.59 Å². The summed E-state index contributed by atoms with van der Waals surface area (Å²) in [5, 5.41) is 1.11. The van der Waals surface area contributed by atoms with Gasteiger partial charge in [-0.2, -0.15) is 0 Å². The molecule has 1 aromatic carbocycles. The van der Waals surface area contributed by atoms with E-state index in [1.54, 1.807) is 0 Å². The molecule has 4 rings (SSSR count). The summed E-state index contributed by atoms with van der Waals surface area (Å²) in [4.78, 5) is 28.9. The van der Waals surface area contributed by atoms with Gasteiger partial charge in [0.1, 0.15) is 11.3 Å². The number of fused-ring (bicyclic) bond motifs is 1. The number of hydrogen-bond donors (Lipinski definition) is 0. The number of carbonyl (C=O) groups excluding carboxylic acids is 2. The average Bonchev–Trinajstić information content (AvgIpc) is 3.30. The molecule has 138 valence electrons. The molecule has 2 aromatic rings. The third kappa shape index (κ3) is 2.75. The van der Waals surface area contributed by atoms with Crippen molar-refractivity contribution in [2.24, 2.45) is 5.41 Å². The predicted octanol–water partition coefficient (Wildman–Crippen LogP) is 3.70. The highest BCUT2D eigenvalue weighted by molar-refractivity contribution is 6.06. The highest BCUT2D eigenvalue weighted by Crippen LogP contribution is 2.46. The van der Waals surface area contributed by atoms with Crippen molar-refractivity contribution < 1.29 is 14.0 Å². The van der Waals surface area contributed by atoms with E-state index in [4.69, 9.17) is 4.42 Å². The molecule has 0 bridgehead atoms. The van der Waals surface area contributed by atoms with E-state index < -0.39 is 5.41 Å². The van der Waals surface area contributed by atoms with Gasteiger partial charge in [0.2, 0.25) is 11.8 Å². The van der Waals surface area contributed by atoms with Crippen molar-refractivity contribution >= 4 is 22.8 Å². The molecule has 1 spiro atoms. The molecule has 2 fully saturated rings. The van der Waals surface area contributed by atoms with E-state index in [0.29, 0.717) is 19.6 Å². The van der Waals surface area contributed by atoms with Gasteiger partial charge >= 0.3 is 0 Å². The van der Waals surface area contributed by atoms with Gasteiger partial charge in [-0.05, 0) is 26.0 Å². The number of likely N-dealkylation sites (tertiary alicyclic amines) is 1. The van der Waals surface area contributed by atoms with E-state index >= 15 is 0 Å². The first-order chi connectivity index (χ1) is 12.5. The zero-order valence-electron chi connectivity index (χ0n) is 15.6. The quantitative estimate of drug-likeness (QED) is 0.768. The Morgan fingerprint density at radius 3 is 2.65 bits per heavy atom. The number of imide groups is 1. The summed E-state index contributed by atoms with van der Waals surface area (Å²) < 4.78 is 5.96. The number of para-hydroxylation sites is 1. The zero-order valence-corrected chi connectivity index (χ0v) is 15.6. The lowest BCUT2D eigenvalue weighted by atomic mass is 9.85. The van der Waals surface area contributed by atoms with Crippen LogP contribution in [0.25, 0.3) is 11.0 Å². The third-order valence-corrected chi connectivity index (χ3v) is 5.96. The Morgan fingerprint density at radius 2 is 1.92 bits per heavy atom. The lowest BCUT2D eigenvalue weighted by Crippen LogP contribution is -2.41. The maximum absolute atomic E-state index is 12.9. The summed E-state index contributed by atoms with van der Waals surface area (Å²) in [6, 6.07) is 8.04. The molecule has 5 nitrogen and oxygen atoms in total. The second-order valence-corrected chi connectivity index (χ2v) is 7.80. The van der Waals surface area contributed by atoms with Gasteiger partial charge in [0.25, 0.3) is 0 Å². The first kappa shape index (κ1) is 17.3. The van der Waals surface area contributed by atoms with Crippen LogP contribution in [0.2, 0.25) is 0 Å². The Kier molecular flexibility index (Phi) is 4.35. The average molecular weight is 354 g/mol. The van der Waals surface area contributed by atoms with E-state index in [-0.39, 0.29) is 11.8 Å². The molecule has 2 heterocycles. The Balaban J connectivity index is 1.52. The first-order valence-corrected chi connectivity index (χ1v) is 9.57. The third-order valence-electron chi connectivity index (χ3n) is 5.96. The highest BCUT2D eigenvalue weighted by Gasteiger charge is 2.52. The van der Waals surface area contributed by atoms with Crippen LogP contribution in [0.3, 0.4) is 0 Å². The van der Waals surface area contributed by atoms with Gasteiger partial charge in [-0.3, -0.25) is 19.4 Å². The molecule has 26 heavy (non-hydrogen) atoms. The number of nitrogens with zero attached hydrogens (tertiary/aromatic N) is 2. The fourth-order valence-electron chi connectivity index (χ4n) is 4.62. The Bertz CT molecular complexity index is 848. The Labute approximate surface area is 153 Å². The minimum absolute atomic E-state index is 0.0171. The molecular formula is C21H26N2O3. The monoisotopic (exact) mass is 354 g/mol. The number of furan rings is 1. The second-order valence-electron chi connectivity index (χ2n) is 7.80. The smallest absolute Gasteiger partial charge is 0.237 e. The van der Waals surface area contributed by atoms with Gasteiger partial charge in [-0.25, -0.2) is 0 Å². The number of hydrogen-bond acceptors (Lipinski definition) is 4. The summed E-state index contributed by atoms with van der Waals surface area (Å²) >= 11 is 0. The predicted molar refractivity (Wildman–Crippen MR) is 99.3 cm³/mol. The largest absolute Gasteiger partial charge is 0.461 e. The van der Waals surface area contributed by atoms with Crippen molar-refractivity contribution in [1.29, 1.82) is 0 Å². The molecule has 1 aliphatic carbocycles. The molecule has 1 saturated heterocycles. The topological polar surface area (TPSA) is 53.8 Å². The van der Waals surface area contributed by atoms with Gasteiger partial charge in [0, 0.05) is 30.3 Å². The van der Waals surface area contributed by atoms with Crippen molar-refractivity contribution in [3.63, 3.8) is 0 Å². The van der Waals surface area contributed by atoms with E-state index in [0.717, 1.165) is 54.4 Å². The van der Waals surface area contributed by atoms with Crippen molar-refractivity contribution in [3.8, 4) is 0 Å². The summed E-state index contributed by atoms with van der Waals surface area (Å²) in [6.07, 6.45) is 5.07. The molecule has 1 aromatic heterocycles. The van der Waals surface area contributed by atoms with Crippen LogP contribution in [0.5, 0.6) is 0 Å². The molecule has 0 unspecified atom stereocenters. The molecule has 2 aliphatic rings. The van der Waals surface area contributed by atoms with Crippen molar-refractivity contribution in [1.82, 2.24) is 9.80 Å². The lowest BCUT2D eigenvalue weighted by Gasteiger charge is -2.25. The van der Waals surface area contributed by atoms with Crippen LogP contribution in [-0.4, -0.2) is 35.3 Å². The van der Waals surface area contributed by atoms with Gasteiger partial charge in [-0.15, -0.1) is 0 Å². The fraction of sp³-hybridized carbons (Fsp3) is 0.524. The number of carbonyl (C=O) groups is 2. The second kappa shape index (κ2) is 6.54. The van der Waals surface area contributed by atoms with Crippen molar-refractivity contribution in [2.75, 3.05) is 13.7 Å². The standard InChI is InChI=1S/C21H26N2O3/c1-3-17-16(15-8-4-5-9-18(15)26-17)13-22(2)14-23-19(24)12-21(20(23)25)10-6-7-11-21/h4-5,8-9H,3,6-7,10-14H2,1-2H3. The number of amides is 2. The molecule has 0 radical (unpaired) electrons. The maximum atomic E-state index is 12.9. The molecule has 0 N–H and O–H groups in total. The van der Waals surface area contributed by atoms with Crippen LogP contribution in [0.15, 0.2) is 28.7 Å². The molecule has 1 aliphatic heterocycles. The minimum Gasteiger partial charge on any atom is -0.461 e. The fourth-order valence-corrected chi connectivity index (χ4v) is 4.62. The molecule has 0 atom stereocenters. The number of benzene rings is 1. The Hall–Kier alpha value is -2.14. The van der Waals surface area contributed by atoms with Crippen LogP contribution >= 0.6 is 0 Å². The van der Waals surface area contributed by atoms with Crippen LogP contribution < -0.4 is 0 Å². The van der Waals surface area contributed by atoms with Crippen LogP contribution in [0.4, 0.5) is 0 Å². The maximum Gasteiger partial charge on any atom is 0.237 e. The summed E-state index contributed by atoms with van der Waals surface area (Å²) in [6.45, 7) is 3.09. The van der Waals surface area contributed by atoms with Gasteiger partial charge in [0.05, 0.1) is 12.1 Å². The minimum atomic E-state index is -0.394. The number of rotatable bonds is 5. The lowest BCUT2D eigenvalue weighted by molar-refractivity contribution is -0.143. The van der Waals surface area contributed by atoms with E-state index in [2.05, 4.69) is 13.0 Å². The SMILES string of the molecule is CCc1oc2ccccc2c1CN(C)CN1C(=O)CC2(CCCC2)C1=O. The highest BCUT2D eigenvalue weighted by atomic mass is 16.3. The molecule has 2 amide bonds. The van der Waals surface area contributed by atoms with Crippen molar-refractivity contribution in [2.45, 2.75) is 52.0 Å². The van der Waals surface area contributed by atoms with Gasteiger partial charge in [0.15, 0.2) is 0 Å². The van der Waals surface area contributed by atoms with Gasteiger partial charge < -0.3 is 4.42 Å². The normalized spacial score (nSPS) is 19.6. The summed E-state index contributed by atoms with van der Waals surface area (Å²) in [5.41, 5.74) is 1.65. The molecular weight excluding hydrogens is 328 g/mol. The van der Waals surface area contributed by atoms with Crippen LogP contribution in [0, 0.1) is 5.41 Å². The van der Waals surface area contributed by atoms with Crippen LogP contribution in [0.1, 0.15) is 50.4 Å². The first-order valence-electron chi connectivity index (χ1n) is 9.57. The molecule has 5 heteroatoms. The summed E-state index contributed by atoms with van der Waals surface area (Å²) in [5.74, 6) is 1.00. The van der Waals surface area contributed by atoms with Crippen LogP contribution in [-0.2, 0) is 22.6 Å². The Morgan fingerprint density at radius 1 is 1.19 bits per heavy atom. The van der Waals surface area contributed by atoms with Crippen molar-refractivity contribution in [3.05, 3.63) is 35.6 Å². The summed E-state index contributed by atoms with van der Waals surface area (Å²) in [7, 11) is 1.96. The van der Waals surface area contributed by atoms with E-state index in [1.807, 2.05) is 30.1 Å². The number of aryl methyl sites for hydroxylation is 1. The molecule has 1 saturated carbocycles. The zero-order chi connectivity index (χ0) is 18.3.